The quantitative estimate of drug-likeness (QED) is 0.260. The van der Waals surface area contributed by atoms with E-state index in [1.165, 1.54) is 6.42 Å². The van der Waals surface area contributed by atoms with Gasteiger partial charge >= 0.3 is 0 Å². The number of imide groups is 1. The normalized spacial score (nSPS) is 54.6. The number of hydrazine groups is 1. The Morgan fingerprint density at radius 3 is 2.00 bits per heavy atom. The number of hydrogen-bond acceptors (Lipinski definition) is 3. The number of carbonyl (C=O) groups excluding carboxylic acids is 2. The van der Waals surface area contributed by atoms with Crippen LogP contribution in [0.2, 0.25) is 0 Å². The van der Waals surface area contributed by atoms with Gasteiger partial charge < -0.3 is 0 Å². The van der Waals surface area contributed by atoms with Gasteiger partial charge in [0.05, 0.1) is 11.8 Å². The second-order valence-corrected chi connectivity index (χ2v) is 5.20. The average molecular weight is 204 g/mol. The van der Waals surface area contributed by atoms with Crippen LogP contribution < -0.4 is 5.84 Å². The smallest absolute Gasteiger partial charge is 0.248 e. The van der Waals surface area contributed by atoms with Crippen LogP contribution in [-0.2, 0) is 9.59 Å². The van der Waals surface area contributed by atoms with Crippen LogP contribution in [0.25, 0.3) is 0 Å². The van der Waals surface area contributed by atoms with Crippen LogP contribution in [0, 0.1) is 35.5 Å². The van der Waals surface area contributed by atoms with Gasteiger partial charge in [-0.25, -0.2) is 10.9 Å². The van der Waals surface area contributed by atoms with E-state index in [9.17, 15) is 9.59 Å². The molecule has 0 spiro atoms. The summed E-state index contributed by atoms with van der Waals surface area (Å²) >= 11 is 0. The molecule has 1 saturated heterocycles. The van der Waals surface area contributed by atoms with Crippen molar-refractivity contribution in [2.24, 2.45) is 41.4 Å². The van der Waals surface area contributed by atoms with Crippen LogP contribution in [-0.4, -0.2) is 16.8 Å². The molecule has 5 aliphatic rings. The maximum absolute atomic E-state index is 11.9. The van der Waals surface area contributed by atoms with Crippen molar-refractivity contribution in [1.29, 1.82) is 0 Å². The number of nitrogens with zero attached hydrogens (tertiary/aromatic N) is 1. The van der Waals surface area contributed by atoms with E-state index < -0.39 is 0 Å². The van der Waals surface area contributed by atoms with Crippen LogP contribution in [0.5, 0.6) is 0 Å². The van der Waals surface area contributed by atoms with E-state index in [0.29, 0.717) is 11.8 Å². The number of carbonyl (C=O) groups is 2. The van der Waals surface area contributed by atoms with E-state index in [1.807, 2.05) is 0 Å². The SMILES string of the molecule is NN1C(=O)[C@@H]2[C@H]3C=C[C@@H]([C@@H]4C[C@H]34)[C@H]2C1=O. The molecule has 4 aliphatic carbocycles. The highest BCUT2D eigenvalue weighted by molar-refractivity contribution is 6.05. The molecule has 15 heavy (non-hydrogen) atoms. The van der Waals surface area contributed by atoms with Gasteiger partial charge in [-0.15, -0.1) is 0 Å². The fourth-order valence-electron chi connectivity index (χ4n) is 3.98. The summed E-state index contributed by atoms with van der Waals surface area (Å²) < 4.78 is 0. The van der Waals surface area contributed by atoms with E-state index in [-0.39, 0.29) is 35.5 Å². The molecule has 0 unspecified atom stereocenters. The van der Waals surface area contributed by atoms with Gasteiger partial charge in [0.1, 0.15) is 0 Å². The number of allylic oxidation sites excluding steroid dienone is 2. The third-order valence-electron chi connectivity index (χ3n) is 4.70. The molecule has 2 N–H and O–H groups in total. The first-order valence-corrected chi connectivity index (χ1v) is 5.51. The van der Waals surface area contributed by atoms with Crippen molar-refractivity contribution in [3.63, 3.8) is 0 Å². The highest BCUT2D eigenvalue weighted by atomic mass is 16.2. The summed E-state index contributed by atoms with van der Waals surface area (Å²) in [7, 11) is 0. The first kappa shape index (κ1) is 8.05. The van der Waals surface area contributed by atoms with Crippen molar-refractivity contribution < 1.29 is 9.59 Å². The van der Waals surface area contributed by atoms with Crippen LogP contribution in [0.3, 0.4) is 0 Å². The van der Waals surface area contributed by atoms with Gasteiger partial charge in [0.15, 0.2) is 0 Å². The van der Waals surface area contributed by atoms with E-state index in [2.05, 4.69) is 12.2 Å². The third-order valence-corrected chi connectivity index (χ3v) is 4.70. The summed E-state index contributed by atoms with van der Waals surface area (Å²) in [6.07, 6.45) is 5.48. The predicted octanol–water partition coefficient (Wildman–Crippen LogP) is -0.0868. The van der Waals surface area contributed by atoms with Crippen molar-refractivity contribution in [3.05, 3.63) is 12.2 Å². The van der Waals surface area contributed by atoms with Crippen molar-refractivity contribution in [2.75, 3.05) is 0 Å². The molecule has 6 atom stereocenters. The molecular weight excluding hydrogens is 192 g/mol. The fraction of sp³-hybridized carbons (Fsp3) is 0.636. The summed E-state index contributed by atoms with van der Waals surface area (Å²) in [4.78, 5) is 23.7. The summed E-state index contributed by atoms with van der Waals surface area (Å²) in [5, 5.41) is 0.854. The van der Waals surface area contributed by atoms with Crippen LogP contribution >= 0.6 is 0 Å². The van der Waals surface area contributed by atoms with Crippen LogP contribution in [0.4, 0.5) is 0 Å². The molecule has 1 heterocycles. The Hall–Kier alpha value is -1.16. The Morgan fingerprint density at radius 1 is 1.07 bits per heavy atom. The van der Waals surface area contributed by atoms with E-state index in [0.717, 1.165) is 5.01 Å². The lowest BCUT2D eigenvalue weighted by Crippen LogP contribution is -2.40. The zero-order valence-corrected chi connectivity index (χ0v) is 8.17. The topological polar surface area (TPSA) is 63.4 Å². The monoisotopic (exact) mass is 204 g/mol. The number of nitrogens with two attached hydrogens (primary N) is 1. The van der Waals surface area contributed by atoms with E-state index in [4.69, 9.17) is 5.84 Å². The molecular formula is C11H12N2O2. The molecule has 2 amide bonds. The lowest BCUT2D eigenvalue weighted by atomic mass is 9.63. The Morgan fingerprint density at radius 2 is 1.53 bits per heavy atom. The Bertz CT molecular complexity index is 381. The summed E-state index contributed by atoms with van der Waals surface area (Å²) in [6.45, 7) is 0. The number of hydrogen-bond donors (Lipinski definition) is 1. The maximum atomic E-state index is 11.9. The van der Waals surface area contributed by atoms with Gasteiger partial charge in [0, 0.05) is 0 Å². The van der Waals surface area contributed by atoms with E-state index >= 15 is 0 Å². The molecule has 78 valence electrons. The summed E-state index contributed by atoms with van der Waals surface area (Å²) in [5.41, 5.74) is 0. The molecule has 0 aromatic heterocycles. The van der Waals surface area contributed by atoms with Crippen molar-refractivity contribution in [2.45, 2.75) is 6.42 Å². The zero-order valence-electron chi connectivity index (χ0n) is 8.17. The largest absolute Gasteiger partial charge is 0.273 e. The molecule has 2 saturated carbocycles. The molecule has 1 aliphatic heterocycles. The molecule has 4 heteroatoms. The van der Waals surface area contributed by atoms with Crippen molar-refractivity contribution in [1.82, 2.24) is 5.01 Å². The third kappa shape index (κ3) is 0.718. The van der Waals surface area contributed by atoms with Crippen molar-refractivity contribution >= 4 is 11.8 Å². The first-order chi connectivity index (χ1) is 7.20. The molecule has 0 radical (unpaired) electrons. The lowest BCUT2D eigenvalue weighted by molar-refractivity contribution is -0.140. The number of amides is 2. The molecule has 3 fully saturated rings. The zero-order chi connectivity index (χ0) is 10.3. The first-order valence-electron chi connectivity index (χ1n) is 5.51. The highest BCUT2D eigenvalue weighted by Crippen LogP contribution is 2.65. The van der Waals surface area contributed by atoms with Crippen molar-refractivity contribution in [3.8, 4) is 0 Å². The Labute approximate surface area is 87.1 Å². The fourth-order valence-corrected chi connectivity index (χ4v) is 3.98. The maximum Gasteiger partial charge on any atom is 0.248 e. The van der Waals surface area contributed by atoms with Crippen LogP contribution in [0.1, 0.15) is 6.42 Å². The average Bonchev–Trinajstić information content (AvgIpc) is 3.02. The minimum atomic E-state index is -0.158. The molecule has 0 aromatic carbocycles. The van der Waals surface area contributed by atoms with Gasteiger partial charge in [0.2, 0.25) is 11.8 Å². The van der Waals surface area contributed by atoms with Gasteiger partial charge in [0.25, 0.3) is 0 Å². The van der Waals surface area contributed by atoms with Crippen LogP contribution in [0.15, 0.2) is 12.2 Å². The Kier molecular flexibility index (Phi) is 1.16. The minimum Gasteiger partial charge on any atom is -0.273 e. The minimum absolute atomic E-state index is 0.138. The second kappa shape index (κ2) is 2.16. The van der Waals surface area contributed by atoms with Gasteiger partial charge in [-0.1, -0.05) is 12.2 Å². The molecule has 0 aromatic rings. The standard InChI is InChI=1S/C11H12N2O2/c12-13-10(14)8-4-1-2-5(7-3-6(4)7)9(8)11(13)15/h1-2,4-9H,3,12H2/t4-,5-,6-,7+,8+,9+/m0/s1. The molecule has 5 rings (SSSR count). The Balaban J connectivity index is 1.86. The summed E-state index contributed by atoms with van der Waals surface area (Å²) in [5.74, 6) is 6.80. The lowest BCUT2D eigenvalue weighted by Gasteiger charge is -2.37. The molecule has 2 bridgehead atoms. The highest BCUT2D eigenvalue weighted by Gasteiger charge is 2.66. The van der Waals surface area contributed by atoms with Gasteiger partial charge in [-0.05, 0) is 30.1 Å². The molecule has 4 nitrogen and oxygen atoms in total. The van der Waals surface area contributed by atoms with Gasteiger partial charge in [-0.2, -0.15) is 0 Å². The predicted molar refractivity (Wildman–Crippen MR) is 50.7 cm³/mol. The van der Waals surface area contributed by atoms with E-state index in [1.54, 1.807) is 0 Å². The number of rotatable bonds is 0. The second-order valence-electron chi connectivity index (χ2n) is 5.20. The van der Waals surface area contributed by atoms with Gasteiger partial charge in [-0.3, -0.25) is 9.59 Å². The summed E-state index contributed by atoms with van der Waals surface area (Å²) in [6, 6.07) is 0.